The summed E-state index contributed by atoms with van der Waals surface area (Å²) in [5.41, 5.74) is 4.10. The molecule has 0 aromatic heterocycles. The Labute approximate surface area is 112 Å². The molecule has 1 aromatic carbocycles. The zero-order valence-electron chi connectivity index (χ0n) is 12.4. The molecule has 0 heteroatoms. The summed E-state index contributed by atoms with van der Waals surface area (Å²) in [6.07, 6.45) is 4.21. The molecule has 0 saturated carbocycles. The average molecular weight is 242 g/mol. The van der Waals surface area contributed by atoms with Crippen LogP contribution in [0.2, 0.25) is 0 Å². The van der Waals surface area contributed by atoms with Gasteiger partial charge in [0, 0.05) is 0 Å². The van der Waals surface area contributed by atoms with Crippen molar-refractivity contribution < 1.29 is 0 Å². The minimum atomic E-state index is 0.523. The van der Waals surface area contributed by atoms with E-state index in [0.29, 0.717) is 17.8 Å². The van der Waals surface area contributed by atoms with Crippen molar-refractivity contribution in [3.63, 3.8) is 0 Å². The van der Waals surface area contributed by atoms with Gasteiger partial charge in [-0.1, -0.05) is 69.3 Å². The predicted molar refractivity (Wildman–Crippen MR) is 81.9 cm³/mol. The van der Waals surface area contributed by atoms with Gasteiger partial charge in [0.15, 0.2) is 0 Å². The van der Waals surface area contributed by atoms with E-state index in [-0.39, 0.29) is 0 Å². The molecule has 18 heavy (non-hydrogen) atoms. The maximum absolute atomic E-state index is 3.96. The van der Waals surface area contributed by atoms with Crippen LogP contribution in [0.15, 0.2) is 48.6 Å². The molecular weight excluding hydrogens is 216 g/mol. The molecule has 0 heterocycles. The number of aryl methyl sites for hydroxylation is 1. The van der Waals surface area contributed by atoms with E-state index in [4.69, 9.17) is 0 Å². The first-order valence-corrected chi connectivity index (χ1v) is 6.86. The molecule has 0 aliphatic heterocycles. The van der Waals surface area contributed by atoms with Gasteiger partial charge in [0.2, 0.25) is 0 Å². The lowest BCUT2D eigenvalue weighted by Crippen LogP contribution is -2.18. The third kappa shape index (κ3) is 3.35. The molecule has 0 amide bonds. The first kappa shape index (κ1) is 14.8. The lowest BCUT2D eigenvalue weighted by atomic mass is 9.75. The lowest BCUT2D eigenvalue weighted by Gasteiger charge is -2.29. The second kappa shape index (κ2) is 6.58. The van der Waals surface area contributed by atoms with Gasteiger partial charge in [-0.3, -0.25) is 0 Å². The molecule has 1 rings (SSSR count). The Hall–Kier alpha value is -1.30. The molecule has 0 N–H and O–H groups in total. The molecule has 0 fully saturated rings. The van der Waals surface area contributed by atoms with E-state index in [2.05, 4.69) is 71.5 Å². The molecule has 1 aromatic rings. The summed E-state index contributed by atoms with van der Waals surface area (Å²) in [4.78, 5) is 0. The number of hydrogen-bond acceptors (Lipinski definition) is 0. The van der Waals surface area contributed by atoms with Crippen molar-refractivity contribution in [2.45, 2.75) is 40.5 Å². The monoisotopic (exact) mass is 242 g/mol. The van der Waals surface area contributed by atoms with Crippen LogP contribution in [0.3, 0.4) is 0 Å². The molecule has 0 aliphatic carbocycles. The Balaban J connectivity index is 3.06. The van der Waals surface area contributed by atoms with Crippen LogP contribution in [0.5, 0.6) is 0 Å². The first-order valence-electron chi connectivity index (χ1n) is 6.86. The molecule has 0 spiro atoms. The van der Waals surface area contributed by atoms with Gasteiger partial charge in [-0.05, 0) is 42.7 Å². The summed E-state index contributed by atoms with van der Waals surface area (Å²) in [7, 11) is 0. The van der Waals surface area contributed by atoms with Gasteiger partial charge in [-0.2, -0.15) is 0 Å². The van der Waals surface area contributed by atoms with Gasteiger partial charge in [-0.15, -0.1) is 0 Å². The van der Waals surface area contributed by atoms with Gasteiger partial charge in [0.1, 0.15) is 0 Å². The lowest BCUT2D eigenvalue weighted by molar-refractivity contribution is 0.391. The highest BCUT2D eigenvalue weighted by Crippen LogP contribution is 2.35. The Morgan fingerprint density at radius 2 is 1.67 bits per heavy atom. The predicted octanol–water partition coefficient (Wildman–Crippen LogP) is 5.50. The summed E-state index contributed by atoms with van der Waals surface area (Å²) in [5, 5.41) is 0. The average Bonchev–Trinajstić information content (AvgIpc) is 2.35. The summed E-state index contributed by atoms with van der Waals surface area (Å²) >= 11 is 0. The van der Waals surface area contributed by atoms with Crippen molar-refractivity contribution in [2.24, 2.45) is 11.8 Å². The van der Waals surface area contributed by atoms with Gasteiger partial charge >= 0.3 is 0 Å². The molecule has 0 saturated heterocycles. The van der Waals surface area contributed by atoms with E-state index in [0.717, 1.165) is 0 Å². The van der Waals surface area contributed by atoms with Crippen LogP contribution in [0.25, 0.3) is 0 Å². The quantitative estimate of drug-likeness (QED) is 0.598. The normalized spacial score (nSPS) is 15.6. The molecule has 0 nitrogen and oxygen atoms in total. The second-order valence-corrected chi connectivity index (χ2v) is 5.46. The summed E-state index contributed by atoms with van der Waals surface area (Å²) in [5.74, 6) is 1.68. The minimum Gasteiger partial charge on any atom is -0.0988 e. The molecular formula is C18H26. The zero-order chi connectivity index (χ0) is 13.7. The van der Waals surface area contributed by atoms with Crippen LogP contribution < -0.4 is 0 Å². The number of allylic oxidation sites excluding steroid dienone is 3. The summed E-state index contributed by atoms with van der Waals surface area (Å²) < 4.78 is 0. The van der Waals surface area contributed by atoms with Crippen molar-refractivity contribution in [3.8, 4) is 0 Å². The smallest absolute Gasteiger partial charge is 0.00761 e. The van der Waals surface area contributed by atoms with Crippen LogP contribution in [0.4, 0.5) is 0 Å². The SMILES string of the molecule is C=CC(=CC)C(C(C)C)C(C)c1ccc(C)cc1. The standard InChI is InChI=1S/C18H26/c1-7-16(8-2)18(13(3)4)15(6)17-11-9-14(5)10-12-17/h7-13,15,18H,1H2,2-6H3. The van der Waals surface area contributed by atoms with Crippen LogP contribution >= 0.6 is 0 Å². The second-order valence-electron chi connectivity index (χ2n) is 5.46. The van der Waals surface area contributed by atoms with Crippen molar-refractivity contribution in [1.82, 2.24) is 0 Å². The molecule has 0 aliphatic rings. The van der Waals surface area contributed by atoms with Gasteiger partial charge in [-0.25, -0.2) is 0 Å². The fourth-order valence-corrected chi connectivity index (χ4v) is 2.77. The maximum atomic E-state index is 3.96. The van der Waals surface area contributed by atoms with Crippen molar-refractivity contribution in [2.75, 3.05) is 0 Å². The van der Waals surface area contributed by atoms with E-state index in [1.165, 1.54) is 16.7 Å². The first-order chi connectivity index (χ1) is 8.51. The van der Waals surface area contributed by atoms with E-state index in [1.807, 2.05) is 6.08 Å². The number of hydrogen-bond donors (Lipinski definition) is 0. The Bertz CT molecular complexity index is 406. The topological polar surface area (TPSA) is 0 Å². The van der Waals surface area contributed by atoms with Gasteiger partial charge in [0.05, 0.1) is 0 Å². The Morgan fingerprint density at radius 3 is 2.06 bits per heavy atom. The fourth-order valence-electron chi connectivity index (χ4n) is 2.77. The number of rotatable bonds is 5. The van der Waals surface area contributed by atoms with Crippen LogP contribution in [-0.4, -0.2) is 0 Å². The van der Waals surface area contributed by atoms with E-state index in [1.54, 1.807) is 0 Å². The molecule has 0 bridgehead atoms. The molecule has 2 atom stereocenters. The summed E-state index contributed by atoms with van der Waals surface area (Å²) in [6.45, 7) is 15.1. The highest BCUT2D eigenvalue weighted by molar-refractivity contribution is 5.30. The third-order valence-electron chi connectivity index (χ3n) is 3.81. The maximum Gasteiger partial charge on any atom is -0.00761 e. The Morgan fingerprint density at radius 1 is 1.11 bits per heavy atom. The third-order valence-corrected chi connectivity index (χ3v) is 3.81. The highest BCUT2D eigenvalue weighted by Gasteiger charge is 2.24. The van der Waals surface area contributed by atoms with Gasteiger partial charge < -0.3 is 0 Å². The van der Waals surface area contributed by atoms with Crippen LogP contribution in [0.1, 0.15) is 44.7 Å². The summed E-state index contributed by atoms with van der Waals surface area (Å²) in [6, 6.07) is 8.91. The number of benzene rings is 1. The van der Waals surface area contributed by atoms with Crippen LogP contribution in [0, 0.1) is 18.8 Å². The molecule has 2 unspecified atom stereocenters. The fraction of sp³-hybridized carbons (Fsp3) is 0.444. The van der Waals surface area contributed by atoms with Crippen LogP contribution in [-0.2, 0) is 0 Å². The largest absolute Gasteiger partial charge is 0.0988 e. The van der Waals surface area contributed by atoms with Crippen molar-refractivity contribution in [1.29, 1.82) is 0 Å². The Kier molecular flexibility index (Phi) is 5.40. The van der Waals surface area contributed by atoms with Crippen molar-refractivity contribution >= 4 is 0 Å². The molecule has 0 radical (unpaired) electrons. The molecule has 98 valence electrons. The highest BCUT2D eigenvalue weighted by atomic mass is 14.3. The minimum absolute atomic E-state index is 0.523. The van der Waals surface area contributed by atoms with Crippen molar-refractivity contribution in [3.05, 3.63) is 59.7 Å². The van der Waals surface area contributed by atoms with E-state index < -0.39 is 0 Å². The van der Waals surface area contributed by atoms with Gasteiger partial charge in [0.25, 0.3) is 0 Å². The van der Waals surface area contributed by atoms with E-state index >= 15 is 0 Å². The van der Waals surface area contributed by atoms with E-state index in [9.17, 15) is 0 Å². The zero-order valence-corrected chi connectivity index (χ0v) is 12.4.